The van der Waals surface area contributed by atoms with Crippen molar-refractivity contribution in [3.63, 3.8) is 0 Å². The number of ether oxygens (including phenoxy) is 4. The Bertz CT molecular complexity index is 3680. The van der Waals surface area contributed by atoms with Gasteiger partial charge in [0.1, 0.15) is 45.9 Å². The van der Waals surface area contributed by atoms with Crippen LogP contribution in [0.1, 0.15) is 145 Å². The smallest absolute Gasteiger partial charge is 0.488 e. The van der Waals surface area contributed by atoms with Gasteiger partial charge in [-0.1, -0.05) is 34.1 Å². The summed E-state index contributed by atoms with van der Waals surface area (Å²) >= 11 is 3.53. The number of halogens is 1. The third kappa shape index (κ3) is 15.4. The zero-order valence-corrected chi connectivity index (χ0v) is 57.9. The number of aryl methyl sites for hydroxylation is 2. The number of nitrogens with one attached hydrogen (secondary N) is 2. The van der Waals surface area contributed by atoms with Crippen LogP contribution in [0.15, 0.2) is 77.8 Å². The number of carbonyl (C=O) groups is 4. The first-order valence-electron chi connectivity index (χ1n) is 33.0. The average molecular weight is 1330 g/mol. The van der Waals surface area contributed by atoms with Crippen LogP contribution in [0.2, 0.25) is 0 Å². The number of piperazine rings is 2. The third-order valence-electron chi connectivity index (χ3n) is 18.9. The third-order valence-corrected chi connectivity index (χ3v) is 19.4. The highest BCUT2D eigenvalue weighted by Crippen LogP contribution is 2.44. The molecule has 92 heavy (non-hydrogen) atoms. The van der Waals surface area contributed by atoms with E-state index in [0.717, 1.165) is 93.6 Å². The fourth-order valence-electron chi connectivity index (χ4n) is 12.6. The van der Waals surface area contributed by atoms with Gasteiger partial charge >= 0.3 is 19.3 Å². The van der Waals surface area contributed by atoms with E-state index >= 15 is 0 Å². The summed E-state index contributed by atoms with van der Waals surface area (Å²) in [5, 5.41) is 5.81. The highest BCUT2D eigenvalue weighted by molar-refractivity contribution is 9.10. The minimum Gasteiger partial charge on any atom is -0.488 e. The van der Waals surface area contributed by atoms with Crippen molar-refractivity contribution in [1.82, 2.24) is 39.5 Å². The van der Waals surface area contributed by atoms with E-state index in [9.17, 15) is 19.2 Å². The van der Waals surface area contributed by atoms with E-state index in [1.54, 1.807) is 9.80 Å². The Labute approximate surface area is 550 Å². The van der Waals surface area contributed by atoms with Crippen molar-refractivity contribution in [3.05, 3.63) is 88.9 Å². The second kappa shape index (κ2) is 26.4. The first-order chi connectivity index (χ1) is 43.5. The predicted molar refractivity (Wildman–Crippen MR) is 363 cm³/mol. The first-order valence-corrected chi connectivity index (χ1v) is 33.8. The van der Waals surface area contributed by atoms with E-state index in [4.69, 9.17) is 33.2 Å². The largest absolute Gasteiger partial charge is 0.494 e. The second-order valence-corrected chi connectivity index (χ2v) is 30.0. The molecule has 2 aliphatic carbocycles. The van der Waals surface area contributed by atoms with E-state index < -0.39 is 11.2 Å². The predicted octanol–water partition coefficient (Wildman–Crippen LogP) is 11.7. The topological polar surface area (TPSA) is 196 Å². The fourth-order valence-corrected chi connectivity index (χ4v) is 13.0. The van der Waals surface area contributed by atoms with Crippen molar-refractivity contribution < 1.29 is 47.4 Å². The maximum Gasteiger partial charge on any atom is 0.494 e. The van der Waals surface area contributed by atoms with Crippen molar-refractivity contribution >= 4 is 86.0 Å². The Balaban J connectivity index is 0.000000149. The monoisotopic (exact) mass is 1320 g/mol. The van der Waals surface area contributed by atoms with Crippen LogP contribution in [0.3, 0.4) is 0 Å². The SMILES string of the molecule is C[C@@H](Oc1cc(Br)cc2ncn(C3CC3)c12)[C@H]1CNC(=O)C1.Cc1cc(-c2cc(O[C@H](C)[C@H]3CNC(=O)C3)c3c(c2)ncn3C2CC2)ccc1N1CCN(C(=O)OC(C)(C)C)CC1.Cc1cc(B2OC(C)(C)C(C)(C)O2)ccc1N1CCN(C(=O)OC(C)(C)C)CC1. The molecule has 4 aromatic carbocycles. The molecule has 494 valence electrons. The lowest BCUT2D eigenvalue weighted by Crippen LogP contribution is -2.50. The van der Waals surface area contributed by atoms with Crippen LogP contribution in [0.25, 0.3) is 33.2 Å². The van der Waals surface area contributed by atoms with Gasteiger partial charge in [0.25, 0.3) is 0 Å². The van der Waals surface area contributed by atoms with Gasteiger partial charge in [0.15, 0.2) is 0 Å². The molecule has 7 fully saturated rings. The minimum atomic E-state index is -0.491. The summed E-state index contributed by atoms with van der Waals surface area (Å²) in [6, 6.07) is 22.3. The fraction of sp³-hybridized carbons (Fsp3) is 0.571. The van der Waals surface area contributed by atoms with E-state index in [2.05, 4.69) is 147 Å². The number of anilines is 2. The molecule has 2 saturated carbocycles. The van der Waals surface area contributed by atoms with Gasteiger partial charge in [0, 0.05) is 118 Å². The molecule has 5 aliphatic heterocycles. The lowest BCUT2D eigenvalue weighted by molar-refractivity contribution is -0.120. The van der Waals surface area contributed by atoms with Gasteiger partial charge in [-0.25, -0.2) is 19.6 Å². The molecule has 22 heteroatoms. The molecule has 0 spiro atoms. The second-order valence-electron chi connectivity index (χ2n) is 29.1. The number of hydrogen-bond acceptors (Lipinski definition) is 14. The quantitative estimate of drug-likeness (QED) is 0.110. The molecule has 4 atom stereocenters. The Morgan fingerprint density at radius 3 is 1.45 bits per heavy atom. The molecule has 7 aliphatic rings. The molecule has 4 amide bonds. The number of carbonyl (C=O) groups excluding carboxylic acids is 4. The van der Waals surface area contributed by atoms with E-state index in [0.29, 0.717) is 64.2 Å². The standard InChI is InChI=1S/C32H41N5O4.C22H35BN2O4.C16H18BrN3O2/c1-20-14-22(6-9-27(20)35-10-12-36(13-11-35)31(39)41-32(3,4)5)23-15-26-30(37(19-34-26)25-7-8-25)28(16-23)40-21(2)24-17-29(38)33-18-24;1-16-15-17(23-28-21(5,6)22(7,8)29-23)9-10-18(16)24-11-13-25(14-12-24)19(26)27-20(2,3)4;1-9(10-4-15(21)18-7-10)22-14-6-11(17)5-13-16(14)20(8-19-13)12-2-3-12/h6,9,14-16,19,21,24-25H,7-8,10-13,17-18H2,1-5H3,(H,33,38);9-10,15H,11-14H2,1-8H3;5-6,8-10,12H,2-4,7H2,1H3,(H,18,21)/t21-,24-;;9-,10-/m1.1/s1. The normalized spacial score (nSPS) is 21.3. The molecule has 6 aromatic rings. The number of nitrogens with zero attached hydrogens (tertiary/aromatic N) is 8. The van der Waals surface area contributed by atoms with Gasteiger partial charge in [-0.3, -0.25) is 9.59 Å². The van der Waals surface area contributed by atoms with Crippen LogP contribution in [0.4, 0.5) is 21.0 Å². The summed E-state index contributed by atoms with van der Waals surface area (Å²) in [7, 11) is -0.350. The van der Waals surface area contributed by atoms with Crippen LogP contribution in [-0.2, 0) is 28.4 Å². The summed E-state index contributed by atoms with van der Waals surface area (Å²) in [6.45, 7) is 35.0. The lowest BCUT2D eigenvalue weighted by atomic mass is 9.78. The molecule has 0 unspecified atom stereocenters. The lowest BCUT2D eigenvalue weighted by Gasteiger charge is -2.37. The Hall–Kier alpha value is -7.04. The van der Waals surface area contributed by atoms with Gasteiger partial charge in [0.05, 0.1) is 34.9 Å². The van der Waals surface area contributed by atoms with Crippen molar-refractivity contribution in [2.75, 3.05) is 75.2 Å². The first kappa shape index (κ1) is 66.4. The molecular formula is C70H94BBrN10O10. The highest BCUT2D eigenvalue weighted by atomic mass is 79.9. The number of rotatable bonds is 12. The Kier molecular flexibility index (Phi) is 19.1. The molecule has 13 rings (SSSR count). The molecule has 2 N–H and O–H groups in total. The molecular weight excluding hydrogens is 1230 g/mol. The van der Waals surface area contributed by atoms with Crippen molar-refractivity contribution in [1.29, 1.82) is 0 Å². The Morgan fingerprint density at radius 2 is 1.03 bits per heavy atom. The van der Waals surface area contributed by atoms with Gasteiger partial charge < -0.3 is 67.6 Å². The minimum absolute atomic E-state index is 0.0148. The molecule has 0 radical (unpaired) electrons. The molecule has 7 heterocycles. The summed E-state index contributed by atoms with van der Waals surface area (Å²) in [5.41, 5.74) is 10.3. The number of aromatic nitrogens is 4. The number of hydrogen-bond donors (Lipinski definition) is 2. The zero-order valence-electron chi connectivity index (χ0n) is 56.3. The summed E-state index contributed by atoms with van der Waals surface area (Å²) in [4.78, 5) is 65.5. The van der Waals surface area contributed by atoms with E-state index in [1.807, 2.05) is 73.3 Å². The summed E-state index contributed by atoms with van der Waals surface area (Å²) in [6.07, 6.45) is 9.04. The van der Waals surface area contributed by atoms with Gasteiger partial charge in [0.2, 0.25) is 11.8 Å². The zero-order chi connectivity index (χ0) is 65.8. The van der Waals surface area contributed by atoms with Crippen LogP contribution >= 0.6 is 15.9 Å². The molecule has 2 aromatic heterocycles. The highest BCUT2D eigenvalue weighted by Gasteiger charge is 2.52. The van der Waals surface area contributed by atoms with Crippen LogP contribution < -0.4 is 35.4 Å². The number of imidazole rings is 2. The van der Waals surface area contributed by atoms with E-state index in [-0.39, 0.29) is 66.4 Å². The molecule has 0 bridgehead atoms. The summed E-state index contributed by atoms with van der Waals surface area (Å²) in [5.74, 6) is 2.25. The number of benzene rings is 4. The van der Waals surface area contributed by atoms with Crippen LogP contribution in [0, 0.1) is 25.7 Å². The van der Waals surface area contributed by atoms with Crippen molar-refractivity contribution in [3.8, 4) is 22.6 Å². The van der Waals surface area contributed by atoms with Crippen LogP contribution in [-0.4, -0.2) is 160 Å². The maximum absolute atomic E-state index is 12.5. The van der Waals surface area contributed by atoms with Gasteiger partial charge in [-0.15, -0.1) is 0 Å². The average Bonchev–Trinajstić information content (AvgIpc) is 1.56. The van der Waals surface area contributed by atoms with Gasteiger partial charge in [-0.05, 0) is 193 Å². The van der Waals surface area contributed by atoms with Gasteiger partial charge in [-0.2, -0.15) is 0 Å². The van der Waals surface area contributed by atoms with Crippen molar-refractivity contribution in [2.45, 2.75) is 182 Å². The molecule has 20 nitrogen and oxygen atoms in total. The Morgan fingerprint density at radius 1 is 0.598 bits per heavy atom. The summed E-state index contributed by atoms with van der Waals surface area (Å²) < 4.78 is 41.7. The number of fused-ring (bicyclic) bond motifs is 2. The molecule has 5 saturated heterocycles. The van der Waals surface area contributed by atoms with E-state index in [1.165, 1.54) is 35.3 Å². The van der Waals surface area contributed by atoms with Crippen LogP contribution in [0.5, 0.6) is 11.5 Å². The van der Waals surface area contributed by atoms with Crippen molar-refractivity contribution in [2.24, 2.45) is 11.8 Å². The maximum atomic E-state index is 12.5. The number of amides is 4.